The van der Waals surface area contributed by atoms with Gasteiger partial charge in [-0.1, -0.05) is 206 Å². The molecule has 0 fully saturated rings. The largest absolute Gasteiger partial charge is 0.309 e. The third-order valence-corrected chi connectivity index (χ3v) is 16.3. The number of benzene rings is 14. The summed E-state index contributed by atoms with van der Waals surface area (Å²) in [6.45, 7) is 0. The van der Waals surface area contributed by atoms with Crippen LogP contribution in [0.15, 0.2) is 279 Å². The van der Waals surface area contributed by atoms with Crippen LogP contribution in [-0.4, -0.2) is 9.13 Å². The zero-order valence-electron chi connectivity index (χ0n) is 41.5. The summed E-state index contributed by atoms with van der Waals surface area (Å²) < 4.78 is 4.93. The molecule has 14 aromatic carbocycles. The summed E-state index contributed by atoms with van der Waals surface area (Å²) in [5, 5.41) is 17.3. The number of hydrogen-bond donors (Lipinski definition) is 0. The average molecular weight is 963 g/mol. The van der Waals surface area contributed by atoms with E-state index in [1.165, 1.54) is 142 Å². The van der Waals surface area contributed by atoms with Gasteiger partial charge in [0.2, 0.25) is 0 Å². The molecule has 0 amide bonds. The van der Waals surface area contributed by atoms with Gasteiger partial charge in [-0.3, -0.25) is 0 Å². The molecule has 0 radical (unpaired) electrons. The van der Waals surface area contributed by atoms with Crippen molar-refractivity contribution in [3.63, 3.8) is 0 Å². The fraction of sp³-hybridized carbons (Fsp3) is 0. The standard InChI is InChI=1S/C74H46N2/c1-5-21-59-47(13-1)17-9-25-63(59)53-31-37-71-67(43-53)68-44-54(64-26-10-18-48-14-2-6-22-60(48)64)32-38-72(68)75(71)57-35-29-52-42-58(36-30-51(52)41-57)76-73-39-33-55(65-27-11-19-49-15-3-7-23-61(49)65)45-69(73)70-46-56(34-40-74(70)76)66-28-12-20-50-16-4-8-24-62(50)66/h1-46H. The minimum Gasteiger partial charge on any atom is -0.309 e. The van der Waals surface area contributed by atoms with Crippen molar-refractivity contribution in [1.82, 2.24) is 9.13 Å². The fourth-order valence-electron chi connectivity index (χ4n) is 12.7. The Bertz CT molecular complexity index is 4450. The van der Waals surface area contributed by atoms with E-state index in [0.29, 0.717) is 0 Å². The maximum absolute atomic E-state index is 2.46. The van der Waals surface area contributed by atoms with Crippen molar-refractivity contribution < 1.29 is 0 Å². The molecule has 0 saturated heterocycles. The third kappa shape index (κ3) is 6.61. The smallest absolute Gasteiger partial charge is 0.0541 e. The lowest BCUT2D eigenvalue weighted by Gasteiger charge is -2.13. The molecule has 16 aromatic rings. The Morgan fingerprint density at radius 2 is 0.434 bits per heavy atom. The maximum Gasteiger partial charge on any atom is 0.0541 e. The fourth-order valence-corrected chi connectivity index (χ4v) is 12.7. The van der Waals surface area contributed by atoms with Gasteiger partial charge in [0.1, 0.15) is 0 Å². The SMILES string of the molecule is c1ccc2c(-c3ccc4c(c3)c3cc(-c5cccc6ccccc56)ccc3n4-c3ccc4cc(-n5c6ccc(-c7cccc8ccccc78)cc6c6cc(-c7cccc8ccccc78)ccc65)ccc4c3)cccc2c1. The molecule has 2 nitrogen and oxygen atoms in total. The average Bonchev–Trinajstić information content (AvgIpc) is 4.03. The van der Waals surface area contributed by atoms with Crippen LogP contribution in [-0.2, 0) is 0 Å². The summed E-state index contributed by atoms with van der Waals surface area (Å²) in [6, 6.07) is 104. The van der Waals surface area contributed by atoms with Gasteiger partial charge in [0, 0.05) is 32.9 Å². The zero-order chi connectivity index (χ0) is 49.8. The number of hydrogen-bond acceptors (Lipinski definition) is 0. The molecule has 0 bridgehead atoms. The second-order valence-corrected chi connectivity index (χ2v) is 20.4. The highest BCUT2D eigenvalue weighted by Gasteiger charge is 2.19. The van der Waals surface area contributed by atoms with Crippen LogP contribution in [0.2, 0.25) is 0 Å². The molecule has 0 spiro atoms. The van der Waals surface area contributed by atoms with E-state index in [9.17, 15) is 0 Å². The van der Waals surface area contributed by atoms with Gasteiger partial charge in [-0.15, -0.1) is 0 Å². The Morgan fingerprint density at radius 1 is 0.171 bits per heavy atom. The molecule has 0 atom stereocenters. The second-order valence-electron chi connectivity index (χ2n) is 20.4. The molecule has 0 saturated carbocycles. The summed E-state index contributed by atoms with van der Waals surface area (Å²) in [4.78, 5) is 0. The first kappa shape index (κ1) is 42.5. The van der Waals surface area contributed by atoms with Crippen molar-refractivity contribution in [2.45, 2.75) is 0 Å². The quantitative estimate of drug-likeness (QED) is 0.157. The molecular formula is C74H46N2. The summed E-state index contributed by atoms with van der Waals surface area (Å²) >= 11 is 0. The van der Waals surface area contributed by atoms with Gasteiger partial charge in [0.05, 0.1) is 22.1 Å². The van der Waals surface area contributed by atoms with E-state index in [2.05, 4.69) is 288 Å². The van der Waals surface area contributed by atoms with E-state index < -0.39 is 0 Å². The number of fused-ring (bicyclic) bond motifs is 11. The van der Waals surface area contributed by atoms with E-state index in [0.717, 1.165) is 11.4 Å². The third-order valence-electron chi connectivity index (χ3n) is 16.3. The molecule has 0 aliphatic carbocycles. The van der Waals surface area contributed by atoms with Crippen molar-refractivity contribution in [2.24, 2.45) is 0 Å². The molecule has 76 heavy (non-hydrogen) atoms. The first-order chi connectivity index (χ1) is 37.7. The Balaban J connectivity index is 0.863. The van der Waals surface area contributed by atoms with Crippen LogP contribution in [0.1, 0.15) is 0 Å². The first-order valence-corrected chi connectivity index (χ1v) is 26.3. The number of aromatic nitrogens is 2. The predicted octanol–water partition coefficient (Wildman–Crippen LogP) is 20.3. The van der Waals surface area contributed by atoms with Gasteiger partial charge < -0.3 is 9.13 Å². The normalized spacial score (nSPS) is 11.9. The van der Waals surface area contributed by atoms with Crippen LogP contribution >= 0.6 is 0 Å². The Kier molecular flexibility index (Phi) is 9.37. The van der Waals surface area contributed by atoms with Crippen LogP contribution in [0, 0.1) is 0 Å². The molecule has 0 aliphatic rings. The molecule has 2 heteroatoms. The molecule has 2 heterocycles. The Hall–Kier alpha value is -10.0. The molecule has 0 aliphatic heterocycles. The summed E-state index contributed by atoms with van der Waals surface area (Å²) in [5.74, 6) is 0. The van der Waals surface area contributed by atoms with Crippen LogP contribution in [0.5, 0.6) is 0 Å². The van der Waals surface area contributed by atoms with Crippen LogP contribution < -0.4 is 0 Å². The van der Waals surface area contributed by atoms with E-state index >= 15 is 0 Å². The van der Waals surface area contributed by atoms with E-state index in [1.54, 1.807) is 0 Å². The molecule has 16 rings (SSSR count). The summed E-state index contributed by atoms with van der Waals surface area (Å²) in [7, 11) is 0. The zero-order valence-corrected chi connectivity index (χ0v) is 41.5. The van der Waals surface area contributed by atoms with Crippen molar-refractivity contribution in [3.8, 4) is 55.9 Å². The van der Waals surface area contributed by atoms with Crippen molar-refractivity contribution in [1.29, 1.82) is 0 Å². The molecule has 352 valence electrons. The summed E-state index contributed by atoms with van der Waals surface area (Å²) in [5.41, 5.74) is 16.8. The van der Waals surface area contributed by atoms with E-state index in [-0.39, 0.29) is 0 Å². The van der Waals surface area contributed by atoms with Crippen LogP contribution in [0.25, 0.3) is 153 Å². The van der Waals surface area contributed by atoms with E-state index in [1.807, 2.05) is 0 Å². The lowest BCUT2D eigenvalue weighted by atomic mass is 9.95. The van der Waals surface area contributed by atoms with Crippen molar-refractivity contribution in [2.75, 3.05) is 0 Å². The topological polar surface area (TPSA) is 9.86 Å². The van der Waals surface area contributed by atoms with E-state index in [4.69, 9.17) is 0 Å². The van der Waals surface area contributed by atoms with Gasteiger partial charge in [-0.2, -0.15) is 0 Å². The minimum atomic E-state index is 1.13. The van der Waals surface area contributed by atoms with Crippen LogP contribution in [0.3, 0.4) is 0 Å². The molecule has 0 N–H and O–H groups in total. The monoisotopic (exact) mass is 962 g/mol. The van der Waals surface area contributed by atoms with Gasteiger partial charge in [0.25, 0.3) is 0 Å². The molecule has 0 unspecified atom stereocenters. The maximum atomic E-state index is 2.46. The highest BCUT2D eigenvalue weighted by Crippen LogP contribution is 2.43. The lowest BCUT2D eigenvalue weighted by Crippen LogP contribution is -1.96. The predicted molar refractivity (Wildman–Crippen MR) is 324 cm³/mol. The van der Waals surface area contributed by atoms with Gasteiger partial charge >= 0.3 is 0 Å². The lowest BCUT2D eigenvalue weighted by molar-refractivity contribution is 1.18. The number of rotatable bonds is 6. The van der Waals surface area contributed by atoms with Crippen LogP contribution in [0.4, 0.5) is 0 Å². The highest BCUT2D eigenvalue weighted by molar-refractivity contribution is 6.15. The molecular weight excluding hydrogens is 917 g/mol. The second kappa shape index (κ2) is 16.8. The van der Waals surface area contributed by atoms with Gasteiger partial charge in [-0.25, -0.2) is 0 Å². The number of nitrogens with zero attached hydrogens (tertiary/aromatic N) is 2. The Labute approximate surface area is 439 Å². The highest BCUT2D eigenvalue weighted by atomic mass is 15.0. The van der Waals surface area contributed by atoms with Gasteiger partial charge in [0.15, 0.2) is 0 Å². The minimum absolute atomic E-state index is 1.13. The Morgan fingerprint density at radius 3 is 0.724 bits per heavy atom. The van der Waals surface area contributed by atoms with Gasteiger partial charge in [-0.05, 0) is 171 Å². The summed E-state index contributed by atoms with van der Waals surface area (Å²) in [6.07, 6.45) is 0. The van der Waals surface area contributed by atoms with Crippen molar-refractivity contribution >= 4 is 97.5 Å². The molecule has 2 aromatic heterocycles. The van der Waals surface area contributed by atoms with Crippen molar-refractivity contribution in [3.05, 3.63) is 279 Å². The first-order valence-electron chi connectivity index (χ1n) is 26.3.